The van der Waals surface area contributed by atoms with Crippen molar-refractivity contribution in [3.8, 4) is 0 Å². The molecule has 0 amide bonds. The lowest BCUT2D eigenvalue weighted by atomic mass is 10.2. The summed E-state index contributed by atoms with van der Waals surface area (Å²) in [5.74, 6) is 0. The highest BCUT2D eigenvalue weighted by atomic mass is 79.9. The molecule has 18 heavy (non-hydrogen) atoms. The zero-order chi connectivity index (χ0) is 13.0. The van der Waals surface area contributed by atoms with Crippen LogP contribution >= 0.6 is 27.3 Å². The van der Waals surface area contributed by atoms with E-state index in [0.717, 1.165) is 11.0 Å². The summed E-state index contributed by atoms with van der Waals surface area (Å²) in [4.78, 5) is 7.68. The van der Waals surface area contributed by atoms with E-state index in [4.69, 9.17) is 5.73 Å². The molecular weight excluding hydrogens is 310 g/mol. The molecule has 0 aliphatic rings. The molecule has 0 bridgehead atoms. The van der Waals surface area contributed by atoms with Crippen LogP contribution in [0.15, 0.2) is 40.4 Å². The fourth-order valence-electron chi connectivity index (χ4n) is 1.92. The van der Waals surface area contributed by atoms with Crippen molar-refractivity contribution in [2.24, 2.45) is 5.73 Å². The Morgan fingerprint density at radius 3 is 2.89 bits per heavy atom. The molecule has 3 nitrogen and oxygen atoms in total. The fourth-order valence-corrected chi connectivity index (χ4v) is 3.74. The lowest BCUT2D eigenvalue weighted by molar-refractivity contribution is 0.244. The van der Waals surface area contributed by atoms with E-state index in [2.05, 4.69) is 50.4 Å². The molecule has 5 heteroatoms. The lowest BCUT2D eigenvalue weighted by Gasteiger charge is -2.26. The van der Waals surface area contributed by atoms with Gasteiger partial charge in [-0.1, -0.05) is 6.07 Å². The van der Waals surface area contributed by atoms with Crippen LogP contribution in [0.5, 0.6) is 0 Å². The lowest BCUT2D eigenvalue weighted by Crippen LogP contribution is -2.29. The monoisotopic (exact) mass is 325 g/mol. The number of thiophene rings is 1. The van der Waals surface area contributed by atoms with Gasteiger partial charge in [0.15, 0.2) is 0 Å². The van der Waals surface area contributed by atoms with E-state index in [9.17, 15) is 0 Å². The smallest absolute Gasteiger partial charge is 0.0576 e. The van der Waals surface area contributed by atoms with Crippen molar-refractivity contribution in [3.05, 3.63) is 50.9 Å². The molecule has 0 saturated heterocycles. The van der Waals surface area contributed by atoms with E-state index < -0.39 is 0 Å². The van der Waals surface area contributed by atoms with Crippen LogP contribution in [0.25, 0.3) is 0 Å². The number of hydrogen-bond acceptors (Lipinski definition) is 4. The van der Waals surface area contributed by atoms with E-state index >= 15 is 0 Å². The third-order valence-corrected chi connectivity index (χ3v) is 4.83. The van der Waals surface area contributed by atoms with Crippen LogP contribution in [0, 0.1) is 0 Å². The predicted molar refractivity (Wildman–Crippen MR) is 79.5 cm³/mol. The predicted octanol–water partition coefficient (Wildman–Crippen LogP) is 3.04. The Morgan fingerprint density at radius 1 is 1.50 bits per heavy atom. The molecule has 0 spiro atoms. The number of aromatic nitrogens is 1. The Kier molecular flexibility index (Phi) is 4.88. The second-order valence-electron chi connectivity index (χ2n) is 4.16. The van der Waals surface area contributed by atoms with Gasteiger partial charge in [-0.2, -0.15) is 0 Å². The van der Waals surface area contributed by atoms with Gasteiger partial charge in [0, 0.05) is 34.8 Å². The molecule has 1 unspecified atom stereocenters. The highest BCUT2D eigenvalue weighted by Crippen LogP contribution is 2.32. The summed E-state index contributed by atoms with van der Waals surface area (Å²) >= 11 is 5.31. The Hall–Kier alpha value is -0.750. The van der Waals surface area contributed by atoms with Gasteiger partial charge in [0.25, 0.3) is 0 Å². The highest BCUT2D eigenvalue weighted by molar-refractivity contribution is 9.10. The summed E-state index contributed by atoms with van der Waals surface area (Å²) in [7, 11) is 2.09. The molecule has 1 atom stereocenters. The van der Waals surface area contributed by atoms with E-state index in [-0.39, 0.29) is 6.04 Å². The summed E-state index contributed by atoms with van der Waals surface area (Å²) in [5, 5.41) is 2.08. The quantitative estimate of drug-likeness (QED) is 0.918. The number of pyridine rings is 1. The maximum atomic E-state index is 5.92. The van der Waals surface area contributed by atoms with Gasteiger partial charge in [-0.3, -0.25) is 9.88 Å². The maximum absolute atomic E-state index is 5.92. The molecule has 0 saturated carbocycles. The number of rotatable bonds is 5. The normalized spacial score (nSPS) is 12.9. The summed E-state index contributed by atoms with van der Waals surface area (Å²) in [6, 6.07) is 6.35. The molecule has 0 aromatic carbocycles. The van der Waals surface area contributed by atoms with Crippen molar-refractivity contribution in [2.45, 2.75) is 12.6 Å². The summed E-state index contributed by atoms with van der Waals surface area (Å²) < 4.78 is 1.14. The molecule has 2 rings (SSSR count). The van der Waals surface area contributed by atoms with Crippen LogP contribution in [-0.2, 0) is 6.54 Å². The van der Waals surface area contributed by atoms with E-state index in [1.165, 1.54) is 10.4 Å². The number of nitrogens with zero attached hydrogens (tertiary/aromatic N) is 2. The third-order valence-electron chi connectivity index (χ3n) is 2.86. The van der Waals surface area contributed by atoms with Crippen molar-refractivity contribution in [1.82, 2.24) is 9.88 Å². The molecule has 2 N–H and O–H groups in total. The molecule has 0 aliphatic carbocycles. The van der Waals surface area contributed by atoms with Crippen molar-refractivity contribution in [3.63, 3.8) is 0 Å². The molecule has 2 aromatic rings. The molecule has 0 aliphatic heterocycles. The van der Waals surface area contributed by atoms with Gasteiger partial charge < -0.3 is 5.73 Å². The van der Waals surface area contributed by atoms with Crippen LogP contribution in [-0.4, -0.2) is 23.5 Å². The zero-order valence-corrected chi connectivity index (χ0v) is 12.6. The fraction of sp³-hybridized carbons (Fsp3) is 0.308. The minimum atomic E-state index is 0.236. The van der Waals surface area contributed by atoms with Crippen LogP contribution in [0.2, 0.25) is 0 Å². The minimum absolute atomic E-state index is 0.236. The van der Waals surface area contributed by atoms with Crippen LogP contribution in [0.3, 0.4) is 0 Å². The van der Waals surface area contributed by atoms with Gasteiger partial charge in [0.1, 0.15) is 0 Å². The molecular formula is C13H16BrN3S. The summed E-state index contributed by atoms with van der Waals surface area (Å²) in [6.07, 6.45) is 3.69. The first kappa shape index (κ1) is 13.7. The SMILES string of the molecule is CN(Cc1cccnc1)C(CN)c1sccc1Br. The van der Waals surface area contributed by atoms with Crippen molar-refractivity contribution in [2.75, 3.05) is 13.6 Å². The van der Waals surface area contributed by atoms with Gasteiger partial charge >= 0.3 is 0 Å². The number of likely N-dealkylation sites (N-methyl/N-ethyl adjacent to an activating group) is 1. The van der Waals surface area contributed by atoms with E-state index in [0.29, 0.717) is 6.54 Å². The van der Waals surface area contributed by atoms with Gasteiger partial charge in [0.05, 0.1) is 6.04 Å². The molecule has 2 heterocycles. The van der Waals surface area contributed by atoms with Gasteiger partial charge in [-0.25, -0.2) is 0 Å². The van der Waals surface area contributed by atoms with Crippen molar-refractivity contribution >= 4 is 27.3 Å². The highest BCUT2D eigenvalue weighted by Gasteiger charge is 2.19. The van der Waals surface area contributed by atoms with Crippen molar-refractivity contribution < 1.29 is 0 Å². The molecule has 96 valence electrons. The Balaban J connectivity index is 2.11. The average molecular weight is 326 g/mol. The van der Waals surface area contributed by atoms with Gasteiger partial charge in [0.2, 0.25) is 0 Å². The Morgan fingerprint density at radius 2 is 2.33 bits per heavy atom. The van der Waals surface area contributed by atoms with E-state index in [1.807, 2.05) is 12.3 Å². The molecule has 0 radical (unpaired) electrons. The molecule has 0 fully saturated rings. The largest absolute Gasteiger partial charge is 0.329 e. The molecule has 2 aromatic heterocycles. The first-order chi connectivity index (χ1) is 8.72. The number of halogens is 1. The topological polar surface area (TPSA) is 42.2 Å². The first-order valence-electron chi connectivity index (χ1n) is 5.74. The van der Waals surface area contributed by atoms with Crippen LogP contribution < -0.4 is 5.73 Å². The van der Waals surface area contributed by atoms with Crippen LogP contribution in [0.1, 0.15) is 16.5 Å². The minimum Gasteiger partial charge on any atom is -0.329 e. The van der Waals surface area contributed by atoms with Crippen molar-refractivity contribution in [1.29, 1.82) is 0 Å². The zero-order valence-electron chi connectivity index (χ0n) is 10.2. The van der Waals surface area contributed by atoms with Gasteiger partial charge in [-0.05, 0) is 46.1 Å². The standard InChI is InChI=1S/C13H16BrN3S/c1-17(9-10-3-2-5-16-8-10)12(7-15)13-11(14)4-6-18-13/h2-6,8,12H,7,9,15H2,1H3. The Bertz CT molecular complexity index is 486. The maximum Gasteiger partial charge on any atom is 0.0576 e. The first-order valence-corrected chi connectivity index (χ1v) is 7.41. The third kappa shape index (κ3) is 3.17. The average Bonchev–Trinajstić information content (AvgIpc) is 2.78. The number of hydrogen-bond donors (Lipinski definition) is 1. The second kappa shape index (κ2) is 6.43. The van der Waals surface area contributed by atoms with Gasteiger partial charge in [-0.15, -0.1) is 11.3 Å². The summed E-state index contributed by atoms with van der Waals surface area (Å²) in [5.41, 5.74) is 7.12. The summed E-state index contributed by atoms with van der Waals surface area (Å²) in [6.45, 7) is 1.45. The van der Waals surface area contributed by atoms with E-state index in [1.54, 1.807) is 17.5 Å². The Labute approximate surface area is 120 Å². The van der Waals surface area contributed by atoms with Crippen LogP contribution in [0.4, 0.5) is 0 Å². The second-order valence-corrected chi connectivity index (χ2v) is 5.96. The number of nitrogens with two attached hydrogens (primary N) is 1.